The van der Waals surface area contributed by atoms with E-state index in [0.717, 1.165) is 28.7 Å². The lowest BCUT2D eigenvalue weighted by Gasteiger charge is -2.15. The lowest BCUT2D eigenvalue weighted by molar-refractivity contribution is 0.619. The van der Waals surface area contributed by atoms with Gasteiger partial charge in [0.25, 0.3) is 5.56 Å². The number of rotatable bonds is 1. The first-order valence-corrected chi connectivity index (χ1v) is 6.48. The van der Waals surface area contributed by atoms with Gasteiger partial charge in [0.2, 0.25) is 0 Å². The van der Waals surface area contributed by atoms with Crippen LogP contribution in [0.3, 0.4) is 0 Å². The number of hydrogen-bond donors (Lipinski definition) is 2. The highest BCUT2D eigenvalue weighted by molar-refractivity contribution is 9.10. The Bertz CT molecular complexity index is 636. The summed E-state index contributed by atoms with van der Waals surface area (Å²) >= 11 is 3.33. The van der Waals surface area contributed by atoms with E-state index in [9.17, 15) is 4.79 Å². The molecule has 0 atom stereocenters. The highest BCUT2D eigenvalue weighted by atomic mass is 79.9. The molecule has 92 valence electrons. The van der Waals surface area contributed by atoms with Gasteiger partial charge in [0.15, 0.2) is 5.82 Å². The Kier molecular flexibility index (Phi) is 2.97. The third-order valence-corrected chi connectivity index (χ3v) is 3.38. The number of H-pyrrole nitrogens is 1. The first-order valence-electron chi connectivity index (χ1n) is 5.69. The molecule has 0 unspecified atom stereocenters. The second-order valence-corrected chi connectivity index (χ2v) is 5.04. The van der Waals surface area contributed by atoms with Gasteiger partial charge >= 0.3 is 0 Å². The Hall–Kier alpha value is -1.53. The number of aromatic nitrogens is 3. The van der Waals surface area contributed by atoms with Gasteiger partial charge in [0.1, 0.15) is 5.69 Å². The molecule has 2 N–H and O–H groups in total. The van der Waals surface area contributed by atoms with Crippen molar-refractivity contribution in [3.63, 3.8) is 0 Å². The molecule has 5 nitrogen and oxygen atoms in total. The molecule has 0 saturated carbocycles. The number of fused-ring (bicyclic) bond motifs is 1. The van der Waals surface area contributed by atoms with Gasteiger partial charge in [0.05, 0.1) is 5.69 Å². The summed E-state index contributed by atoms with van der Waals surface area (Å²) in [5.74, 6) is 0.523. The van der Waals surface area contributed by atoms with E-state index in [0.29, 0.717) is 18.1 Å². The van der Waals surface area contributed by atoms with Crippen molar-refractivity contribution in [3.8, 4) is 11.5 Å². The van der Waals surface area contributed by atoms with E-state index >= 15 is 0 Å². The lowest BCUT2D eigenvalue weighted by atomic mass is 10.1. The van der Waals surface area contributed by atoms with Crippen LogP contribution in [-0.2, 0) is 13.0 Å². The van der Waals surface area contributed by atoms with Crippen molar-refractivity contribution in [3.05, 3.63) is 44.4 Å². The predicted molar refractivity (Wildman–Crippen MR) is 71.2 cm³/mol. The van der Waals surface area contributed by atoms with Crippen molar-refractivity contribution >= 4 is 15.9 Å². The fourth-order valence-corrected chi connectivity index (χ4v) is 2.24. The van der Waals surface area contributed by atoms with E-state index in [2.05, 4.69) is 36.2 Å². The summed E-state index contributed by atoms with van der Waals surface area (Å²) in [4.78, 5) is 23.5. The largest absolute Gasteiger partial charge is 0.311 e. The summed E-state index contributed by atoms with van der Waals surface area (Å²) in [6.07, 6.45) is 2.42. The minimum atomic E-state index is -0.0544. The molecule has 6 heteroatoms. The van der Waals surface area contributed by atoms with Gasteiger partial charge < -0.3 is 10.3 Å². The number of pyridine rings is 1. The normalized spacial score (nSPS) is 14.3. The fourth-order valence-electron chi connectivity index (χ4n) is 2.01. The molecule has 1 aliphatic heterocycles. The van der Waals surface area contributed by atoms with Crippen LogP contribution in [0.2, 0.25) is 0 Å². The Morgan fingerprint density at radius 1 is 1.33 bits per heavy atom. The molecule has 3 heterocycles. The molecule has 0 fully saturated rings. The van der Waals surface area contributed by atoms with E-state index in [4.69, 9.17) is 0 Å². The van der Waals surface area contributed by atoms with Crippen molar-refractivity contribution in [1.82, 2.24) is 20.3 Å². The maximum Gasteiger partial charge on any atom is 0.254 e. The highest BCUT2D eigenvalue weighted by Crippen LogP contribution is 2.16. The standard InChI is InChI=1S/C12H11BrN4O/c13-7-1-2-9(15-5-7)11-16-10-6-14-4-3-8(10)12(18)17-11/h1-2,5,14H,3-4,6H2,(H,16,17,18). The van der Waals surface area contributed by atoms with Crippen LogP contribution in [0.1, 0.15) is 11.3 Å². The van der Waals surface area contributed by atoms with Crippen molar-refractivity contribution in [2.24, 2.45) is 0 Å². The molecule has 2 aromatic rings. The first-order chi connectivity index (χ1) is 8.74. The van der Waals surface area contributed by atoms with Crippen molar-refractivity contribution in [2.45, 2.75) is 13.0 Å². The molecule has 0 aliphatic carbocycles. The second-order valence-electron chi connectivity index (χ2n) is 4.13. The van der Waals surface area contributed by atoms with Crippen LogP contribution in [0.15, 0.2) is 27.6 Å². The molecule has 1 aliphatic rings. The number of hydrogen-bond acceptors (Lipinski definition) is 4. The van der Waals surface area contributed by atoms with E-state index in [-0.39, 0.29) is 5.56 Å². The number of nitrogens with zero attached hydrogens (tertiary/aromatic N) is 2. The van der Waals surface area contributed by atoms with Crippen LogP contribution in [0.25, 0.3) is 11.5 Å². The third kappa shape index (κ3) is 2.09. The molecule has 0 bridgehead atoms. The van der Waals surface area contributed by atoms with E-state index < -0.39 is 0 Å². The summed E-state index contributed by atoms with van der Waals surface area (Å²) in [7, 11) is 0. The predicted octanol–water partition coefficient (Wildman–Crippen LogP) is 1.24. The van der Waals surface area contributed by atoms with Gasteiger partial charge in [0, 0.05) is 22.8 Å². The van der Waals surface area contributed by atoms with Crippen LogP contribution in [0.4, 0.5) is 0 Å². The number of aromatic amines is 1. The molecule has 3 rings (SSSR count). The van der Waals surface area contributed by atoms with Crippen molar-refractivity contribution in [1.29, 1.82) is 0 Å². The summed E-state index contributed by atoms with van der Waals surface area (Å²) in [5, 5.41) is 3.21. The molecular formula is C12H11BrN4O. The van der Waals surface area contributed by atoms with Gasteiger partial charge in [-0.3, -0.25) is 9.78 Å². The molecule has 0 aromatic carbocycles. The smallest absolute Gasteiger partial charge is 0.254 e. The Morgan fingerprint density at radius 2 is 2.22 bits per heavy atom. The zero-order chi connectivity index (χ0) is 12.5. The molecule has 0 saturated heterocycles. The van der Waals surface area contributed by atoms with Gasteiger partial charge in [-0.05, 0) is 41.0 Å². The molecule has 18 heavy (non-hydrogen) atoms. The van der Waals surface area contributed by atoms with Crippen LogP contribution >= 0.6 is 15.9 Å². The van der Waals surface area contributed by atoms with E-state index in [1.165, 1.54) is 0 Å². The summed E-state index contributed by atoms with van der Waals surface area (Å²) < 4.78 is 0.897. The zero-order valence-electron chi connectivity index (χ0n) is 9.53. The highest BCUT2D eigenvalue weighted by Gasteiger charge is 2.15. The summed E-state index contributed by atoms with van der Waals surface area (Å²) in [6.45, 7) is 1.47. The maximum atomic E-state index is 12.0. The molecule has 0 amide bonds. The average molecular weight is 307 g/mol. The quantitative estimate of drug-likeness (QED) is 0.831. The van der Waals surface area contributed by atoms with E-state index in [1.807, 2.05) is 12.1 Å². The van der Waals surface area contributed by atoms with Crippen LogP contribution in [0.5, 0.6) is 0 Å². The fraction of sp³-hybridized carbons (Fsp3) is 0.250. The van der Waals surface area contributed by atoms with Gasteiger partial charge in [-0.1, -0.05) is 0 Å². The van der Waals surface area contributed by atoms with Crippen molar-refractivity contribution in [2.75, 3.05) is 6.54 Å². The second kappa shape index (κ2) is 4.62. The monoisotopic (exact) mass is 306 g/mol. The maximum absolute atomic E-state index is 12.0. The lowest BCUT2D eigenvalue weighted by Crippen LogP contribution is -2.31. The Morgan fingerprint density at radius 3 is 3.00 bits per heavy atom. The van der Waals surface area contributed by atoms with Crippen molar-refractivity contribution < 1.29 is 0 Å². The Balaban J connectivity index is 2.11. The third-order valence-electron chi connectivity index (χ3n) is 2.92. The SMILES string of the molecule is O=c1[nH]c(-c2ccc(Br)cn2)nc2c1CCNC2. The first kappa shape index (κ1) is 11.6. The van der Waals surface area contributed by atoms with Crippen LogP contribution < -0.4 is 10.9 Å². The van der Waals surface area contributed by atoms with Gasteiger partial charge in [-0.15, -0.1) is 0 Å². The topological polar surface area (TPSA) is 70.7 Å². The zero-order valence-corrected chi connectivity index (χ0v) is 11.1. The molecule has 0 spiro atoms. The minimum Gasteiger partial charge on any atom is -0.311 e. The Labute approximate surface area is 112 Å². The summed E-state index contributed by atoms with van der Waals surface area (Å²) in [5.41, 5.74) is 2.23. The minimum absolute atomic E-state index is 0.0544. The number of nitrogens with one attached hydrogen (secondary N) is 2. The summed E-state index contributed by atoms with van der Waals surface area (Å²) in [6, 6.07) is 3.70. The number of halogens is 1. The molecule has 0 radical (unpaired) electrons. The molecular weight excluding hydrogens is 296 g/mol. The van der Waals surface area contributed by atoms with Crippen LogP contribution in [-0.4, -0.2) is 21.5 Å². The van der Waals surface area contributed by atoms with Gasteiger partial charge in [-0.25, -0.2) is 4.98 Å². The van der Waals surface area contributed by atoms with E-state index in [1.54, 1.807) is 6.20 Å². The molecule has 2 aromatic heterocycles. The van der Waals surface area contributed by atoms with Gasteiger partial charge in [-0.2, -0.15) is 0 Å². The average Bonchev–Trinajstić information content (AvgIpc) is 2.39. The van der Waals surface area contributed by atoms with Crippen LogP contribution in [0, 0.1) is 0 Å².